The Hall–Kier alpha value is -3.17. The molecular weight excluding hydrogens is 554 g/mol. The van der Waals surface area contributed by atoms with Crippen LogP contribution in [0.1, 0.15) is 30.5 Å². The number of aryl methyl sites for hydroxylation is 2. The highest BCUT2D eigenvalue weighted by atomic mass is 79.9. The zero-order valence-electron chi connectivity index (χ0n) is 21.4. The van der Waals surface area contributed by atoms with Crippen molar-refractivity contribution in [3.8, 4) is 0 Å². The summed E-state index contributed by atoms with van der Waals surface area (Å²) in [7, 11) is -4.07. The summed E-state index contributed by atoms with van der Waals surface area (Å²) in [5, 5.41) is 2.76. The van der Waals surface area contributed by atoms with Gasteiger partial charge in [-0.1, -0.05) is 57.9 Å². The Morgan fingerprint density at radius 3 is 2.19 bits per heavy atom. The van der Waals surface area contributed by atoms with E-state index in [-0.39, 0.29) is 17.3 Å². The fourth-order valence-corrected chi connectivity index (χ4v) is 5.51. The van der Waals surface area contributed by atoms with E-state index in [1.807, 2.05) is 44.2 Å². The lowest BCUT2D eigenvalue weighted by atomic mass is 10.1. The molecule has 196 valence electrons. The maximum absolute atomic E-state index is 13.8. The van der Waals surface area contributed by atoms with Crippen LogP contribution in [-0.2, 0) is 26.2 Å². The molecule has 7 nitrogen and oxygen atoms in total. The van der Waals surface area contributed by atoms with Gasteiger partial charge in [0, 0.05) is 17.6 Å². The zero-order valence-corrected chi connectivity index (χ0v) is 23.8. The lowest BCUT2D eigenvalue weighted by Crippen LogP contribution is -2.51. The largest absolute Gasteiger partial charge is 0.355 e. The van der Waals surface area contributed by atoms with Crippen molar-refractivity contribution >= 4 is 43.5 Å². The number of hydrogen-bond donors (Lipinski definition) is 1. The van der Waals surface area contributed by atoms with E-state index in [0.29, 0.717) is 12.2 Å². The maximum Gasteiger partial charge on any atom is 0.264 e. The first-order valence-corrected chi connectivity index (χ1v) is 14.2. The SMILES string of the molecule is CCNC(=O)[C@H](C)N(Cc1ccc(Br)cc1)C(=O)CN(c1cccc(C)c1)S(=O)(=O)c1ccc(C)cc1. The second-order valence-corrected chi connectivity index (χ2v) is 11.7. The number of sulfonamides is 1. The number of anilines is 1. The molecule has 9 heteroatoms. The number of amides is 2. The van der Waals surface area contributed by atoms with Gasteiger partial charge in [-0.25, -0.2) is 8.42 Å². The summed E-state index contributed by atoms with van der Waals surface area (Å²) in [6.07, 6.45) is 0. The summed E-state index contributed by atoms with van der Waals surface area (Å²) >= 11 is 3.41. The highest BCUT2D eigenvalue weighted by Crippen LogP contribution is 2.26. The van der Waals surface area contributed by atoms with Gasteiger partial charge in [-0.05, 0) is 75.2 Å². The first-order valence-electron chi connectivity index (χ1n) is 12.0. The van der Waals surface area contributed by atoms with E-state index in [1.54, 1.807) is 44.2 Å². The van der Waals surface area contributed by atoms with Crippen molar-refractivity contribution in [2.45, 2.75) is 45.2 Å². The fraction of sp³-hybridized carbons (Fsp3) is 0.286. The van der Waals surface area contributed by atoms with Crippen LogP contribution in [0, 0.1) is 13.8 Å². The van der Waals surface area contributed by atoms with E-state index >= 15 is 0 Å². The Morgan fingerprint density at radius 1 is 0.946 bits per heavy atom. The Kier molecular flexibility index (Phi) is 9.50. The highest BCUT2D eigenvalue weighted by molar-refractivity contribution is 9.10. The molecule has 0 unspecified atom stereocenters. The van der Waals surface area contributed by atoms with Gasteiger partial charge in [-0.2, -0.15) is 0 Å². The highest BCUT2D eigenvalue weighted by Gasteiger charge is 2.32. The monoisotopic (exact) mass is 585 g/mol. The van der Waals surface area contributed by atoms with Crippen molar-refractivity contribution in [2.75, 3.05) is 17.4 Å². The molecule has 2 amide bonds. The van der Waals surface area contributed by atoms with Crippen molar-refractivity contribution < 1.29 is 18.0 Å². The average molecular weight is 587 g/mol. The quantitative estimate of drug-likeness (QED) is 0.370. The third-order valence-electron chi connectivity index (χ3n) is 5.96. The summed E-state index contributed by atoms with van der Waals surface area (Å²) in [5.41, 5.74) is 2.98. The number of carbonyl (C=O) groups excluding carboxylic acids is 2. The second kappa shape index (κ2) is 12.4. The van der Waals surface area contributed by atoms with Gasteiger partial charge in [-0.15, -0.1) is 0 Å². The summed E-state index contributed by atoms with van der Waals surface area (Å²) in [6.45, 7) is 7.30. The zero-order chi connectivity index (χ0) is 27.2. The molecule has 37 heavy (non-hydrogen) atoms. The number of nitrogens with zero attached hydrogens (tertiary/aromatic N) is 2. The van der Waals surface area contributed by atoms with E-state index < -0.39 is 28.5 Å². The third kappa shape index (κ3) is 7.20. The Morgan fingerprint density at radius 2 is 1.59 bits per heavy atom. The van der Waals surface area contributed by atoms with Gasteiger partial charge in [0.2, 0.25) is 11.8 Å². The smallest absolute Gasteiger partial charge is 0.264 e. The number of likely N-dealkylation sites (N-methyl/N-ethyl adjacent to an activating group) is 1. The summed E-state index contributed by atoms with van der Waals surface area (Å²) < 4.78 is 29.6. The van der Waals surface area contributed by atoms with E-state index in [2.05, 4.69) is 21.2 Å². The molecular formula is C28H32BrN3O4S. The third-order valence-corrected chi connectivity index (χ3v) is 8.28. The van der Waals surface area contributed by atoms with E-state index in [4.69, 9.17) is 0 Å². The Bertz CT molecular complexity index is 1340. The van der Waals surface area contributed by atoms with Crippen LogP contribution in [0.25, 0.3) is 0 Å². The Balaban J connectivity index is 2.02. The first-order chi connectivity index (χ1) is 17.5. The molecule has 0 aliphatic rings. The van der Waals surface area contributed by atoms with Crippen LogP contribution in [0.15, 0.2) is 82.2 Å². The molecule has 3 aromatic carbocycles. The van der Waals surface area contributed by atoms with Crippen LogP contribution < -0.4 is 9.62 Å². The van der Waals surface area contributed by atoms with Gasteiger partial charge in [0.25, 0.3) is 10.0 Å². The van der Waals surface area contributed by atoms with Gasteiger partial charge in [-0.3, -0.25) is 13.9 Å². The molecule has 0 radical (unpaired) electrons. The maximum atomic E-state index is 13.8. The van der Waals surface area contributed by atoms with Gasteiger partial charge >= 0.3 is 0 Å². The number of benzene rings is 3. The molecule has 3 rings (SSSR count). The van der Waals surface area contributed by atoms with Crippen molar-refractivity contribution in [3.63, 3.8) is 0 Å². The normalized spacial score (nSPS) is 12.0. The van der Waals surface area contributed by atoms with Crippen LogP contribution in [0.2, 0.25) is 0 Å². The standard InChI is InChI=1S/C28H32BrN3O4S/c1-5-30-28(34)22(4)31(18-23-11-13-24(29)14-12-23)27(33)19-32(25-8-6-7-21(3)17-25)37(35,36)26-15-9-20(2)10-16-26/h6-17,22H,5,18-19H2,1-4H3,(H,30,34)/t22-/m0/s1. The number of halogens is 1. The van der Waals surface area contributed by atoms with Crippen molar-refractivity contribution in [1.82, 2.24) is 10.2 Å². The number of carbonyl (C=O) groups is 2. The van der Waals surface area contributed by atoms with E-state index in [1.165, 1.54) is 17.0 Å². The number of hydrogen-bond acceptors (Lipinski definition) is 4. The van der Waals surface area contributed by atoms with Crippen molar-refractivity contribution in [1.29, 1.82) is 0 Å². The molecule has 3 aromatic rings. The minimum atomic E-state index is -4.07. The molecule has 1 atom stereocenters. The van der Waals surface area contributed by atoms with E-state index in [9.17, 15) is 18.0 Å². The number of nitrogens with one attached hydrogen (secondary N) is 1. The predicted octanol–water partition coefficient (Wildman–Crippen LogP) is 4.81. The molecule has 0 spiro atoms. The van der Waals surface area contributed by atoms with Gasteiger partial charge in [0.15, 0.2) is 0 Å². The minimum absolute atomic E-state index is 0.0867. The molecule has 0 fully saturated rings. The molecule has 1 N–H and O–H groups in total. The summed E-state index contributed by atoms with van der Waals surface area (Å²) in [4.78, 5) is 28.0. The van der Waals surface area contributed by atoms with E-state index in [0.717, 1.165) is 25.5 Å². The minimum Gasteiger partial charge on any atom is -0.355 e. The molecule has 0 aliphatic carbocycles. The molecule has 0 aromatic heterocycles. The van der Waals surface area contributed by atoms with Crippen LogP contribution in [-0.4, -0.2) is 44.3 Å². The van der Waals surface area contributed by atoms with Crippen LogP contribution in [0.5, 0.6) is 0 Å². The van der Waals surface area contributed by atoms with Crippen LogP contribution in [0.3, 0.4) is 0 Å². The molecule has 0 bridgehead atoms. The lowest BCUT2D eigenvalue weighted by molar-refractivity contribution is -0.139. The second-order valence-electron chi connectivity index (χ2n) is 8.88. The molecule has 0 heterocycles. The fourth-order valence-electron chi connectivity index (χ4n) is 3.84. The lowest BCUT2D eigenvalue weighted by Gasteiger charge is -2.32. The number of rotatable bonds is 10. The van der Waals surface area contributed by atoms with Crippen molar-refractivity contribution in [2.24, 2.45) is 0 Å². The molecule has 0 saturated heterocycles. The topological polar surface area (TPSA) is 86.8 Å². The average Bonchev–Trinajstić information content (AvgIpc) is 2.86. The summed E-state index contributed by atoms with van der Waals surface area (Å²) in [5.74, 6) is -0.796. The first kappa shape index (κ1) is 28.4. The van der Waals surface area contributed by atoms with Gasteiger partial charge < -0.3 is 10.2 Å². The van der Waals surface area contributed by atoms with Gasteiger partial charge in [0.1, 0.15) is 12.6 Å². The predicted molar refractivity (Wildman–Crippen MR) is 150 cm³/mol. The molecule has 0 saturated carbocycles. The van der Waals surface area contributed by atoms with Crippen molar-refractivity contribution in [3.05, 3.63) is 94.0 Å². The van der Waals surface area contributed by atoms with Gasteiger partial charge in [0.05, 0.1) is 10.6 Å². The van der Waals surface area contributed by atoms with Crippen LogP contribution >= 0.6 is 15.9 Å². The molecule has 0 aliphatic heterocycles. The summed E-state index contributed by atoms with van der Waals surface area (Å²) in [6, 6.07) is 20.1. The van der Waals surface area contributed by atoms with Crippen LogP contribution in [0.4, 0.5) is 5.69 Å². The Labute approximate surface area is 227 Å².